The molecule has 0 radical (unpaired) electrons. The van der Waals surface area contributed by atoms with Crippen molar-refractivity contribution in [1.82, 2.24) is 15.5 Å². The zero-order chi connectivity index (χ0) is 30.0. The van der Waals surface area contributed by atoms with Crippen molar-refractivity contribution in [2.75, 3.05) is 44.7 Å². The molecule has 8 nitrogen and oxygen atoms in total. The highest BCUT2D eigenvalue weighted by atomic mass is 16.5. The molecule has 1 saturated heterocycles. The molecule has 2 amide bonds. The van der Waals surface area contributed by atoms with Crippen molar-refractivity contribution in [2.45, 2.75) is 51.5 Å². The summed E-state index contributed by atoms with van der Waals surface area (Å²) in [6.07, 6.45) is 9.65. The molecule has 1 unspecified atom stereocenters. The van der Waals surface area contributed by atoms with E-state index in [1.807, 2.05) is 48.6 Å². The summed E-state index contributed by atoms with van der Waals surface area (Å²) in [5.41, 5.74) is 11.1. The minimum Gasteiger partial charge on any atom is -0.400 e. The van der Waals surface area contributed by atoms with Gasteiger partial charge in [-0.2, -0.15) is 0 Å². The fourth-order valence-electron chi connectivity index (χ4n) is 4.95. The predicted octanol–water partition coefficient (Wildman–Crippen LogP) is 4.63. The number of nitrogens with two attached hydrogens (primary N) is 1. The van der Waals surface area contributed by atoms with Crippen LogP contribution in [0.2, 0.25) is 0 Å². The first kappa shape index (κ1) is 31.2. The lowest BCUT2D eigenvalue weighted by Gasteiger charge is -2.27. The summed E-state index contributed by atoms with van der Waals surface area (Å²) in [6.45, 7) is 11.6. The van der Waals surface area contributed by atoms with Gasteiger partial charge in [0.2, 0.25) is 11.8 Å². The van der Waals surface area contributed by atoms with Crippen LogP contribution in [0.25, 0.3) is 6.08 Å². The third-order valence-corrected chi connectivity index (χ3v) is 7.55. The Labute approximate surface area is 250 Å². The highest BCUT2D eigenvalue weighted by molar-refractivity contribution is 5.96. The van der Waals surface area contributed by atoms with E-state index in [0.717, 1.165) is 68.9 Å². The molecule has 4 rings (SSSR count). The van der Waals surface area contributed by atoms with E-state index in [1.165, 1.54) is 11.6 Å². The highest BCUT2D eigenvalue weighted by Gasteiger charge is 2.21. The van der Waals surface area contributed by atoms with E-state index >= 15 is 0 Å². The van der Waals surface area contributed by atoms with Crippen LogP contribution < -0.4 is 21.7 Å². The third kappa shape index (κ3) is 9.41. The Kier molecular flexibility index (Phi) is 11.1. The lowest BCUT2D eigenvalue weighted by Crippen LogP contribution is -2.39. The van der Waals surface area contributed by atoms with Crippen LogP contribution in [0.3, 0.4) is 0 Å². The SMILES string of the molecule is CC(C)(C)c1ccc(NC(=O)C(NCCCN2CCOCC2)c2ccc(/C=C/C(=O)NC3=C(N)CCC=C3)cc2)cc1. The Morgan fingerprint density at radius 1 is 1.02 bits per heavy atom. The molecule has 224 valence electrons. The maximum Gasteiger partial charge on any atom is 0.248 e. The summed E-state index contributed by atoms with van der Waals surface area (Å²) < 4.78 is 5.45. The van der Waals surface area contributed by atoms with Crippen molar-refractivity contribution in [2.24, 2.45) is 5.73 Å². The standard InChI is InChI=1S/C34H45N5O3/c1-34(2,3)27-14-16-28(17-15-27)37-33(41)32(36-19-6-20-39-21-23-42-24-22-39)26-12-9-25(10-13-26)11-18-31(40)38-30-8-5-4-7-29(30)35/h5,8-18,32,36H,4,6-7,19-24,35H2,1-3H3,(H,37,41)(H,38,40)/b18-11+. The summed E-state index contributed by atoms with van der Waals surface area (Å²) in [5, 5.41) is 9.41. The zero-order valence-electron chi connectivity index (χ0n) is 25.1. The average molecular weight is 572 g/mol. The molecule has 1 aliphatic carbocycles. The van der Waals surface area contributed by atoms with E-state index in [0.29, 0.717) is 17.9 Å². The second-order valence-electron chi connectivity index (χ2n) is 11.9. The van der Waals surface area contributed by atoms with E-state index in [-0.39, 0.29) is 17.2 Å². The molecule has 1 atom stereocenters. The van der Waals surface area contributed by atoms with Gasteiger partial charge in [-0.05, 0) is 78.7 Å². The number of hydrogen-bond donors (Lipinski definition) is 4. The predicted molar refractivity (Wildman–Crippen MR) is 170 cm³/mol. The maximum atomic E-state index is 13.5. The summed E-state index contributed by atoms with van der Waals surface area (Å²) >= 11 is 0. The Bertz CT molecular complexity index is 1280. The topological polar surface area (TPSA) is 109 Å². The monoisotopic (exact) mass is 571 g/mol. The number of allylic oxidation sites excluding steroid dienone is 3. The zero-order valence-corrected chi connectivity index (χ0v) is 25.1. The molecule has 1 fully saturated rings. The van der Waals surface area contributed by atoms with Crippen molar-refractivity contribution < 1.29 is 14.3 Å². The first-order valence-corrected chi connectivity index (χ1v) is 14.9. The second kappa shape index (κ2) is 15.0. The first-order chi connectivity index (χ1) is 20.2. The van der Waals surface area contributed by atoms with E-state index < -0.39 is 6.04 Å². The number of nitrogens with one attached hydrogen (secondary N) is 3. The number of nitrogens with zero attached hydrogens (tertiary/aromatic N) is 1. The highest BCUT2D eigenvalue weighted by Crippen LogP contribution is 2.24. The number of anilines is 1. The smallest absolute Gasteiger partial charge is 0.248 e. The van der Waals surface area contributed by atoms with Crippen LogP contribution in [0, 0.1) is 0 Å². The van der Waals surface area contributed by atoms with Crippen molar-refractivity contribution in [3.05, 3.63) is 94.8 Å². The van der Waals surface area contributed by atoms with Gasteiger partial charge in [-0.1, -0.05) is 63.2 Å². The van der Waals surface area contributed by atoms with Gasteiger partial charge in [-0.3, -0.25) is 14.5 Å². The molecule has 2 aromatic carbocycles. The van der Waals surface area contributed by atoms with Crippen molar-refractivity contribution >= 4 is 23.6 Å². The number of carbonyl (C=O) groups excluding carboxylic acids is 2. The van der Waals surface area contributed by atoms with Gasteiger partial charge in [0.15, 0.2) is 0 Å². The molecular formula is C34H45N5O3. The summed E-state index contributed by atoms with van der Waals surface area (Å²) in [4.78, 5) is 28.3. The summed E-state index contributed by atoms with van der Waals surface area (Å²) in [7, 11) is 0. The van der Waals surface area contributed by atoms with Gasteiger partial charge in [-0.15, -0.1) is 0 Å². The molecule has 0 saturated carbocycles. The average Bonchev–Trinajstić information content (AvgIpc) is 2.98. The molecule has 1 heterocycles. The largest absolute Gasteiger partial charge is 0.400 e. The quantitative estimate of drug-likeness (QED) is 0.232. The van der Waals surface area contributed by atoms with Crippen molar-refractivity contribution in [3.8, 4) is 0 Å². The minimum absolute atomic E-state index is 0.0432. The summed E-state index contributed by atoms with van der Waals surface area (Å²) in [6, 6.07) is 15.2. The number of amides is 2. The van der Waals surface area contributed by atoms with Gasteiger partial charge in [0.05, 0.1) is 18.9 Å². The molecule has 0 aromatic heterocycles. The van der Waals surface area contributed by atoms with Crippen LogP contribution >= 0.6 is 0 Å². The fourth-order valence-corrected chi connectivity index (χ4v) is 4.95. The van der Waals surface area contributed by atoms with Crippen molar-refractivity contribution in [1.29, 1.82) is 0 Å². The Morgan fingerprint density at radius 2 is 1.74 bits per heavy atom. The number of benzene rings is 2. The molecule has 0 spiro atoms. The van der Waals surface area contributed by atoms with Crippen LogP contribution in [-0.4, -0.2) is 56.1 Å². The van der Waals surface area contributed by atoms with Crippen LogP contribution in [-0.2, 0) is 19.7 Å². The number of ether oxygens (including phenoxy) is 1. The van der Waals surface area contributed by atoms with E-state index in [4.69, 9.17) is 10.5 Å². The van der Waals surface area contributed by atoms with Gasteiger partial charge >= 0.3 is 0 Å². The van der Waals surface area contributed by atoms with Gasteiger partial charge < -0.3 is 26.4 Å². The van der Waals surface area contributed by atoms with Crippen LogP contribution in [0.4, 0.5) is 5.69 Å². The normalized spacial score (nSPS) is 16.9. The van der Waals surface area contributed by atoms with Crippen LogP contribution in [0.1, 0.15) is 62.8 Å². The molecule has 42 heavy (non-hydrogen) atoms. The molecule has 5 N–H and O–H groups in total. The molecule has 2 aromatic rings. The van der Waals surface area contributed by atoms with E-state index in [9.17, 15) is 9.59 Å². The molecule has 2 aliphatic rings. The Morgan fingerprint density at radius 3 is 2.40 bits per heavy atom. The summed E-state index contributed by atoms with van der Waals surface area (Å²) in [5.74, 6) is -0.348. The number of rotatable bonds is 11. The van der Waals surface area contributed by atoms with Gasteiger partial charge in [0.1, 0.15) is 6.04 Å². The first-order valence-electron chi connectivity index (χ1n) is 14.9. The third-order valence-electron chi connectivity index (χ3n) is 7.55. The molecule has 0 bridgehead atoms. The van der Waals surface area contributed by atoms with Gasteiger partial charge in [0, 0.05) is 30.5 Å². The van der Waals surface area contributed by atoms with Crippen LogP contribution in [0.5, 0.6) is 0 Å². The number of hydrogen-bond acceptors (Lipinski definition) is 6. The lowest BCUT2D eigenvalue weighted by atomic mass is 9.87. The number of morpholine rings is 1. The lowest BCUT2D eigenvalue weighted by molar-refractivity contribution is -0.118. The number of carbonyl (C=O) groups is 2. The van der Waals surface area contributed by atoms with Crippen molar-refractivity contribution in [3.63, 3.8) is 0 Å². The van der Waals surface area contributed by atoms with E-state index in [2.05, 4.69) is 53.8 Å². The van der Waals surface area contributed by atoms with E-state index in [1.54, 1.807) is 6.08 Å². The second-order valence-corrected chi connectivity index (χ2v) is 11.9. The maximum absolute atomic E-state index is 13.5. The molecular weight excluding hydrogens is 526 g/mol. The Hall–Kier alpha value is -3.72. The molecule has 8 heteroatoms. The van der Waals surface area contributed by atoms with Gasteiger partial charge in [-0.25, -0.2) is 0 Å². The fraction of sp³-hybridized carbons (Fsp3) is 0.412. The minimum atomic E-state index is -0.522. The Balaban J connectivity index is 1.40. The molecule has 1 aliphatic heterocycles. The van der Waals surface area contributed by atoms with Gasteiger partial charge in [0.25, 0.3) is 0 Å². The van der Waals surface area contributed by atoms with Crippen LogP contribution in [0.15, 0.2) is 78.2 Å².